The van der Waals surface area contributed by atoms with Crippen molar-refractivity contribution in [3.63, 3.8) is 0 Å². The average Bonchev–Trinajstić information content (AvgIpc) is 2.45. The summed E-state index contributed by atoms with van der Waals surface area (Å²) in [7, 11) is 0. The van der Waals surface area contributed by atoms with Crippen LogP contribution in [-0.4, -0.2) is 18.2 Å². The van der Waals surface area contributed by atoms with E-state index >= 15 is 0 Å². The van der Waals surface area contributed by atoms with E-state index in [2.05, 4.69) is 13.5 Å². The molecule has 0 aromatic heterocycles. The van der Waals surface area contributed by atoms with Gasteiger partial charge < -0.3 is 9.47 Å². The topological polar surface area (TPSA) is 35.5 Å². The first-order valence-corrected chi connectivity index (χ1v) is 6.82. The summed E-state index contributed by atoms with van der Waals surface area (Å²) in [5.41, 5.74) is 0. The number of hydrogen-bond donors (Lipinski definition) is 0. The van der Waals surface area contributed by atoms with Gasteiger partial charge in [-0.2, -0.15) is 0 Å². The molecule has 20 heavy (non-hydrogen) atoms. The fourth-order valence-electron chi connectivity index (χ4n) is 1.64. The predicted octanol–water partition coefficient (Wildman–Crippen LogP) is 3.88. The summed E-state index contributed by atoms with van der Waals surface area (Å²) >= 11 is 0. The van der Waals surface area contributed by atoms with E-state index < -0.39 is 12.1 Å². The molecule has 1 unspecified atom stereocenters. The van der Waals surface area contributed by atoms with Crippen molar-refractivity contribution in [3.8, 4) is 5.75 Å². The highest BCUT2D eigenvalue weighted by atomic mass is 19.1. The maximum atomic E-state index is 12.8. The number of carbonyl (C=O) groups excluding carboxylic acids is 1. The molecule has 0 aliphatic heterocycles. The number of carbonyl (C=O) groups is 1. The Labute approximate surface area is 119 Å². The van der Waals surface area contributed by atoms with Crippen LogP contribution in [0.5, 0.6) is 5.75 Å². The first-order chi connectivity index (χ1) is 9.56. The molecule has 0 saturated heterocycles. The van der Waals surface area contributed by atoms with E-state index in [1.54, 1.807) is 13.0 Å². The van der Waals surface area contributed by atoms with Gasteiger partial charge in [-0.25, -0.2) is 9.18 Å². The van der Waals surface area contributed by atoms with Crippen molar-refractivity contribution in [2.24, 2.45) is 0 Å². The molecule has 0 bridgehead atoms. The molecule has 3 nitrogen and oxygen atoms in total. The molecule has 1 rings (SSSR count). The Bertz CT molecular complexity index is 428. The van der Waals surface area contributed by atoms with Crippen LogP contribution in [0.4, 0.5) is 4.39 Å². The van der Waals surface area contributed by atoms with Crippen LogP contribution in [0, 0.1) is 5.82 Å². The van der Waals surface area contributed by atoms with Gasteiger partial charge in [0.15, 0.2) is 6.10 Å². The Morgan fingerprint density at radius 2 is 2.05 bits per heavy atom. The molecular formula is C16H21FO3. The van der Waals surface area contributed by atoms with Crippen LogP contribution in [0.1, 0.15) is 33.1 Å². The van der Waals surface area contributed by atoms with Gasteiger partial charge in [0.1, 0.15) is 17.7 Å². The van der Waals surface area contributed by atoms with E-state index in [-0.39, 0.29) is 11.9 Å². The molecule has 110 valence electrons. The van der Waals surface area contributed by atoms with Crippen LogP contribution in [0.15, 0.2) is 36.9 Å². The Kier molecular flexibility index (Phi) is 6.77. The Balaban J connectivity index is 2.49. The minimum Gasteiger partial charge on any atom is -0.479 e. The summed E-state index contributed by atoms with van der Waals surface area (Å²) in [6.07, 6.45) is 3.35. The van der Waals surface area contributed by atoms with Crippen LogP contribution >= 0.6 is 0 Å². The van der Waals surface area contributed by atoms with Gasteiger partial charge in [0, 0.05) is 0 Å². The summed E-state index contributed by atoms with van der Waals surface area (Å²) in [5.74, 6) is -0.367. The van der Waals surface area contributed by atoms with Gasteiger partial charge in [0.2, 0.25) is 0 Å². The lowest BCUT2D eigenvalue weighted by atomic mass is 10.1. The standard InChI is InChI=1S/C16H21FO3/c1-4-6-7-14(5-2)20-16(18)12(3)19-15-10-8-13(17)9-11-15/h5,8-12,14H,2,4,6-7H2,1,3H3/t12-,14?/m1/s1. The van der Waals surface area contributed by atoms with Crippen LogP contribution in [0.3, 0.4) is 0 Å². The van der Waals surface area contributed by atoms with Gasteiger partial charge in [-0.3, -0.25) is 0 Å². The highest BCUT2D eigenvalue weighted by molar-refractivity contribution is 5.75. The summed E-state index contributed by atoms with van der Waals surface area (Å²) in [5, 5.41) is 0. The van der Waals surface area contributed by atoms with Crippen molar-refractivity contribution in [2.75, 3.05) is 0 Å². The fraction of sp³-hybridized carbons (Fsp3) is 0.438. The predicted molar refractivity (Wildman–Crippen MR) is 76.1 cm³/mol. The zero-order valence-electron chi connectivity index (χ0n) is 12.0. The molecule has 0 fully saturated rings. The molecular weight excluding hydrogens is 259 g/mol. The lowest BCUT2D eigenvalue weighted by Gasteiger charge is -2.18. The normalized spacial score (nSPS) is 13.3. The van der Waals surface area contributed by atoms with Crippen molar-refractivity contribution < 1.29 is 18.7 Å². The molecule has 0 amide bonds. The van der Waals surface area contributed by atoms with Crippen LogP contribution in [0.2, 0.25) is 0 Å². The van der Waals surface area contributed by atoms with Crippen molar-refractivity contribution in [3.05, 3.63) is 42.7 Å². The summed E-state index contributed by atoms with van der Waals surface area (Å²) < 4.78 is 23.5. The van der Waals surface area contributed by atoms with E-state index in [1.807, 2.05) is 0 Å². The van der Waals surface area contributed by atoms with Crippen LogP contribution in [0.25, 0.3) is 0 Å². The summed E-state index contributed by atoms with van der Waals surface area (Å²) in [6.45, 7) is 7.33. The number of unbranched alkanes of at least 4 members (excludes halogenated alkanes) is 1. The smallest absolute Gasteiger partial charge is 0.347 e. The zero-order valence-corrected chi connectivity index (χ0v) is 12.0. The molecule has 0 saturated carbocycles. The van der Waals surface area contributed by atoms with E-state index in [1.165, 1.54) is 24.3 Å². The second kappa shape index (κ2) is 8.35. The van der Waals surface area contributed by atoms with Gasteiger partial charge in [0.25, 0.3) is 0 Å². The molecule has 0 aliphatic carbocycles. The minimum atomic E-state index is -0.746. The SMILES string of the molecule is C=CC(CCCC)OC(=O)[C@@H](C)Oc1ccc(F)cc1. The third-order valence-electron chi connectivity index (χ3n) is 2.83. The number of halogens is 1. The van der Waals surface area contributed by atoms with Crippen LogP contribution < -0.4 is 4.74 Å². The minimum absolute atomic E-state index is 0.290. The summed E-state index contributed by atoms with van der Waals surface area (Å²) in [6, 6.07) is 5.50. The quantitative estimate of drug-likeness (QED) is 0.535. The maximum Gasteiger partial charge on any atom is 0.347 e. The number of rotatable bonds is 8. The van der Waals surface area contributed by atoms with Gasteiger partial charge >= 0.3 is 5.97 Å². The molecule has 0 N–H and O–H groups in total. The molecule has 2 atom stereocenters. The van der Waals surface area contributed by atoms with Gasteiger partial charge in [-0.1, -0.05) is 26.0 Å². The second-order valence-electron chi connectivity index (χ2n) is 4.57. The molecule has 0 heterocycles. The fourth-order valence-corrected chi connectivity index (χ4v) is 1.64. The number of benzene rings is 1. The lowest BCUT2D eigenvalue weighted by molar-refractivity contribution is -0.154. The van der Waals surface area contributed by atoms with Gasteiger partial charge in [-0.05, 0) is 44.0 Å². The van der Waals surface area contributed by atoms with E-state index in [0.29, 0.717) is 5.75 Å². The van der Waals surface area contributed by atoms with Crippen molar-refractivity contribution >= 4 is 5.97 Å². The Morgan fingerprint density at radius 1 is 1.40 bits per heavy atom. The average molecular weight is 280 g/mol. The van der Waals surface area contributed by atoms with Crippen LogP contribution in [-0.2, 0) is 9.53 Å². The molecule has 0 radical (unpaired) electrons. The lowest BCUT2D eigenvalue weighted by Crippen LogP contribution is -2.29. The van der Waals surface area contributed by atoms with Crippen molar-refractivity contribution in [1.82, 2.24) is 0 Å². The second-order valence-corrected chi connectivity index (χ2v) is 4.57. The van der Waals surface area contributed by atoms with E-state index in [9.17, 15) is 9.18 Å². The maximum absolute atomic E-state index is 12.8. The molecule has 0 aliphatic rings. The molecule has 4 heteroatoms. The van der Waals surface area contributed by atoms with Crippen molar-refractivity contribution in [2.45, 2.75) is 45.3 Å². The van der Waals surface area contributed by atoms with Gasteiger partial charge in [-0.15, -0.1) is 0 Å². The highest BCUT2D eigenvalue weighted by Gasteiger charge is 2.19. The number of hydrogen-bond acceptors (Lipinski definition) is 3. The number of ether oxygens (including phenoxy) is 2. The summed E-state index contributed by atoms with van der Waals surface area (Å²) in [4.78, 5) is 11.9. The first kappa shape index (κ1) is 16.2. The van der Waals surface area contributed by atoms with E-state index in [4.69, 9.17) is 9.47 Å². The third kappa shape index (κ3) is 5.43. The monoisotopic (exact) mass is 280 g/mol. The Hall–Kier alpha value is -1.84. The largest absolute Gasteiger partial charge is 0.479 e. The molecule has 1 aromatic rings. The molecule has 1 aromatic carbocycles. The van der Waals surface area contributed by atoms with Crippen molar-refractivity contribution in [1.29, 1.82) is 0 Å². The van der Waals surface area contributed by atoms with E-state index in [0.717, 1.165) is 19.3 Å². The number of esters is 1. The first-order valence-electron chi connectivity index (χ1n) is 6.82. The Morgan fingerprint density at radius 3 is 2.60 bits per heavy atom. The zero-order chi connectivity index (χ0) is 15.0. The third-order valence-corrected chi connectivity index (χ3v) is 2.83. The highest BCUT2D eigenvalue weighted by Crippen LogP contribution is 2.14. The van der Waals surface area contributed by atoms with Gasteiger partial charge in [0.05, 0.1) is 0 Å². The molecule has 0 spiro atoms.